The second-order valence-electron chi connectivity index (χ2n) is 7.43. The van der Waals surface area contributed by atoms with Crippen LogP contribution in [0.2, 0.25) is 5.02 Å². The van der Waals surface area contributed by atoms with Crippen LogP contribution in [0.3, 0.4) is 0 Å². The van der Waals surface area contributed by atoms with Gasteiger partial charge in [0.2, 0.25) is 5.95 Å². The Morgan fingerprint density at radius 1 is 1.22 bits per heavy atom. The summed E-state index contributed by atoms with van der Waals surface area (Å²) in [5.41, 5.74) is 0.00562. The average Bonchev–Trinajstić information content (AvgIpc) is 2.69. The zero-order valence-corrected chi connectivity index (χ0v) is 16.5. The first-order valence-electron chi connectivity index (χ1n) is 9.78. The van der Waals surface area contributed by atoms with Gasteiger partial charge in [-0.25, -0.2) is 14.8 Å². The van der Waals surface area contributed by atoms with E-state index in [1.54, 1.807) is 0 Å². The number of piperidine rings is 1. The fourth-order valence-electron chi connectivity index (χ4n) is 3.73. The molecular weight excluding hydrogens is 368 g/mol. The Morgan fingerprint density at radius 2 is 1.96 bits per heavy atom. The Hall–Kier alpha value is -1.89. The molecule has 1 aliphatic heterocycles. The summed E-state index contributed by atoms with van der Waals surface area (Å²) >= 11 is 6.08. The van der Waals surface area contributed by atoms with Gasteiger partial charge in [-0.2, -0.15) is 0 Å². The SMILES string of the molecule is C[C@H]1CCCC[C@H]1NC(=O)COC(=O)c1nc(N2CCCCC2)ncc1Cl. The van der Waals surface area contributed by atoms with Crippen molar-refractivity contribution in [1.29, 1.82) is 0 Å². The Morgan fingerprint density at radius 3 is 2.70 bits per heavy atom. The minimum Gasteiger partial charge on any atom is -0.451 e. The predicted octanol–water partition coefficient (Wildman–Crippen LogP) is 2.97. The van der Waals surface area contributed by atoms with E-state index in [9.17, 15) is 9.59 Å². The normalized spacial score (nSPS) is 23.0. The number of nitrogens with zero attached hydrogens (tertiary/aromatic N) is 3. The van der Waals surface area contributed by atoms with Crippen molar-refractivity contribution in [2.45, 2.75) is 57.9 Å². The van der Waals surface area contributed by atoms with Gasteiger partial charge >= 0.3 is 5.97 Å². The van der Waals surface area contributed by atoms with Gasteiger partial charge in [0, 0.05) is 19.1 Å². The number of anilines is 1. The van der Waals surface area contributed by atoms with Crippen molar-refractivity contribution in [1.82, 2.24) is 15.3 Å². The lowest BCUT2D eigenvalue weighted by molar-refractivity contribution is -0.125. The van der Waals surface area contributed by atoms with E-state index in [2.05, 4.69) is 22.2 Å². The van der Waals surface area contributed by atoms with Gasteiger partial charge in [0.05, 0.1) is 11.2 Å². The van der Waals surface area contributed by atoms with Gasteiger partial charge < -0.3 is 15.0 Å². The van der Waals surface area contributed by atoms with Crippen molar-refractivity contribution in [2.75, 3.05) is 24.6 Å². The molecule has 0 unspecified atom stereocenters. The molecule has 8 heteroatoms. The molecule has 0 radical (unpaired) electrons. The fraction of sp³-hybridized carbons (Fsp3) is 0.684. The number of halogens is 1. The highest BCUT2D eigenvalue weighted by molar-refractivity contribution is 6.33. The summed E-state index contributed by atoms with van der Waals surface area (Å²) in [6.45, 7) is 3.52. The summed E-state index contributed by atoms with van der Waals surface area (Å²) in [5, 5.41) is 3.09. The first-order chi connectivity index (χ1) is 13.0. The molecule has 0 bridgehead atoms. The Labute approximate surface area is 164 Å². The van der Waals surface area contributed by atoms with Gasteiger partial charge in [-0.15, -0.1) is 0 Å². The molecule has 3 rings (SSSR count). The molecule has 1 aliphatic carbocycles. The zero-order valence-electron chi connectivity index (χ0n) is 15.7. The summed E-state index contributed by atoms with van der Waals surface area (Å²) in [5.74, 6) is -0.0654. The molecule has 2 fully saturated rings. The molecule has 1 amide bonds. The topological polar surface area (TPSA) is 84.4 Å². The molecule has 1 aromatic rings. The first-order valence-corrected chi connectivity index (χ1v) is 10.2. The lowest BCUT2D eigenvalue weighted by Gasteiger charge is -2.29. The smallest absolute Gasteiger partial charge is 0.359 e. The molecule has 2 aliphatic rings. The van der Waals surface area contributed by atoms with Crippen LogP contribution in [0.1, 0.15) is 62.4 Å². The second-order valence-corrected chi connectivity index (χ2v) is 7.83. The van der Waals surface area contributed by atoms with Gasteiger partial charge in [0.25, 0.3) is 5.91 Å². The largest absolute Gasteiger partial charge is 0.451 e. The third-order valence-corrected chi connectivity index (χ3v) is 5.63. The molecule has 1 saturated heterocycles. The molecule has 1 saturated carbocycles. The summed E-state index contributed by atoms with van der Waals surface area (Å²) in [6, 6.07) is 0.151. The molecule has 27 heavy (non-hydrogen) atoms. The van der Waals surface area contributed by atoms with Crippen molar-refractivity contribution >= 4 is 29.4 Å². The molecule has 0 spiro atoms. The van der Waals surface area contributed by atoms with Gasteiger partial charge in [0.1, 0.15) is 0 Å². The highest BCUT2D eigenvalue weighted by atomic mass is 35.5. The van der Waals surface area contributed by atoms with Gasteiger partial charge in [-0.3, -0.25) is 4.79 Å². The van der Waals surface area contributed by atoms with Crippen LogP contribution in [0, 0.1) is 5.92 Å². The van der Waals surface area contributed by atoms with E-state index in [0.29, 0.717) is 11.9 Å². The summed E-state index contributed by atoms with van der Waals surface area (Å²) in [4.78, 5) is 35.0. The number of ether oxygens (including phenoxy) is 1. The molecule has 1 N–H and O–H groups in total. The summed E-state index contributed by atoms with van der Waals surface area (Å²) < 4.78 is 5.15. The van der Waals surface area contributed by atoms with Crippen LogP contribution in [-0.4, -0.2) is 47.6 Å². The maximum Gasteiger partial charge on any atom is 0.359 e. The first kappa shape index (κ1) is 19.9. The lowest BCUT2D eigenvalue weighted by Crippen LogP contribution is -2.42. The number of carbonyl (C=O) groups is 2. The molecule has 2 heterocycles. The minimum absolute atomic E-state index is 0.00562. The van der Waals surface area contributed by atoms with Crippen molar-refractivity contribution < 1.29 is 14.3 Å². The number of hydrogen-bond acceptors (Lipinski definition) is 6. The van der Waals surface area contributed by atoms with Crippen LogP contribution < -0.4 is 10.2 Å². The number of carbonyl (C=O) groups excluding carboxylic acids is 2. The maximum absolute atomic E-state index is 12.4. The van der Waals surface area contributed by atoms with Crippen LogP contribution in [0.4, 0.5) is 5.95 Å². The van der Waals surface area contributed by atoms with E-state index < -0.39 is 5.97 Å². The van der Waals surface area contributed by atoms with Crippen molar-refractivity contribution in [3.05, 3.63) is 16.9 Å². The Bertz CT molecular complexity index is 679. The van der Waals surface area contributed by atoms with Crippen LogP contribution >= 0.6 is 11.6 Å². The van der Waals surface area contributed by atoms with Gasteiger partial charge in [-0.05, 0) is 38.0 Å². The van der Waals surface area contributed by atoms with Crippen LogP contribution in [0.25, 0.3) is 0 Å². The third-order valence-electron chi connectivity index (χ3n) is 5.36. The Kier molecular flexibility index (Phi) is 6.88. The van der Waals surface area contributed by atoms with E-state index in [0.717, 1.165) is 45.2 Å². The maximum atomic E-state index is 12.4. The van der Waals surface area contributed by atoms with E-state index in [1.807, 2.05) is 4.90 Å². The number of hydrogen-bond donors (Lipinski definition) is 1. The standard InChI is InChI=1S/C19H27ClN4O3/c1-13-7-3-4-8-15(13)22-16(25)12-27-18(26)17-14(20)11-21-19(23-17)24-9-5-2-6-10-24/h11,13,15H,2-10,12H2,1H3,(H,22,25)/t13-,15+/m0/s1. The number of amides is 1. The highest BCUT2D eigenvalue weighted by Crippen LogP contribution is 2.24. The second kappa shape index (κ2) is 9.35. The van der Waals surface area contributed by atoms with Crippen LogP contribution in [-0.2, 0) is 9.53 Å². The number of aromatic nitrogens is 2. The van der Waals surface area contributed by atoms with Crippen LogP contribution in [0.15, 0.2) is 6.20 Å². The summed E-state index contributed by atoms with van der Waals surface area (Å²) in [6.07, 6.45) is 9.15. The van der Waals surface area contributed by atoms with E-state index in [-0.39, 0.29) is 29.3 Å². The van der Waals surface area contributed by atoms with Gasteiger partial charge in [-0.1, -0.05) is 31.4 Å². The molecule has 7 nitrogen and oxygen atoms in total. The molecular formula is C19H27ClN4O3. The quantitative estimate of drug-likeness (QED) is 0.773. The number of nitrogens with one attached hydrogen (secondary N) is 1. The average molecular weight is 395 g/mol. The molecule has 0 aromatic carbocycles. The third kappa shape index (κ3) is 5.31. The predicted molar refractivity (Wildman–Crippen MR) is 103 cm³/mol. The zero-order chi connectivity index (χ0) is 19.2. The van der Waals surface area contributed by atoms with Crippen molar-refractivity contribution in [3.8, 4) is 0 Å². The number of esters is 1. The Balaban J connectivity index is 1.56. The number of rotatable bonds is 5. The van der Waals surface area contributed by atoms with Gasteiger partial charge in [0.15, 0.2) is 12.3 Å². The fourth-order valence-corrected chi connectivity index (χ4v) is 3.89. The monoisotopic (exact) mass is 394 g/mol. The molecule has 1 aromatic heterocycles. The molecule has 148 valence electrons. The highest BCUT2D eigenvalue weighted by Gasteiger charge is 2.24. The van der Waals surface area contributed by atoms with E-state index >= 15 is 0 Å². The van der Waals surface area contributed by atoms with Crippen molar-refractivity contribution in [2.24, 2.45) is 5.92 Å². The molecule has 2 atom stereocenters. The van der Waals surface area contributed by atoms with Crippen LogP contribution in [0.5, 0.6) is 0 Å². The van der Waals surface area contributed by atoms with E-state index in [1.165, 1.54) is 19.0 Å². The lowest BCUT2D eigenvalue weighted by atomic mass is 9.86. The van der Waals surface area contributed by atoms with E-state index in [4.69, 9.17) is 16.3 Å². The van der Waals surface area contributed by atoms with Crippen molar-refractivity contribution in [3.63, 3.8) is 0 Å². The summed E-state index contributed by atoms with van der Waals surface area (Å²) in [7, 11) is 0. The minimum atomic E-state index is -0.701.